The Morgan fingerprint density at radius 2 is 2.00 bits per heavy atom. The third-order valence-corrected chi connectivity index (χ3v) is 5.35. The van der Waals surface area contributed by atoms with Gasteiger partial charge in [0.05, 0.1) is 31.0 Å². The number of benzene rings is 2. The minimum Gasteiger partial charge on any atom is -0.506 e. The first kappa shape index (κ1) is 19.8. The van der Waals surface area contributed by atoms with Crippen LogP contribution in [0, 0.1) is 0 Å². The molecular formula is C22H22N4O4. The molecule has 0 saturated carbocycles. The fourth-order valence-electron chi connectivity index (χ4n) is 3.88. The van der Waals surface area contributed by atoms with E-state index in [2.05, 4.69) is 10.5 Å². The van der Waals surface area contributed by atoms with Crippen LogP contribution in [0.3, 0.4) is 0 Å². The topological polar surface area (TPSA) is 117 Å². The molecule has 1 atom stereocenters. The normalized spacial score (nSPS) is 18.3. The van der Waals surface area contributed by atoms with E-state index in [9.17, 15) is 14.7 Å². The fraction of sp³-hybridized carbons (Fsp3) is 0.227. The summed E-state index contributed by atoms with van der Waals surface area (Å²) in [6.07, 6.45) is 0.482. The zero-order chi connectivity index (χ0) is 21.3. The molecular weight excluding hydrogens is 384 g/mol. The zero-order valence-electron chi connectivity index (χ0n) is 16.5. The SMILES string of the molecule is COc1ccc(C2CC(C3=C(O)c4ccccc4CC3=O)=NN2C(=O)CNN)cc1. The van der Waals surface area contributed by atoms with E-state index in [0.717, 1.165) is 11.1 Å². The van der Waals surface area contributed by atoms with Gasteiger partial charge in [-0.05, 0) is 23.3 Å². The number of methoxy groups -OCH3 is 1. The molecule has 154 valence electrons. The average Bonchev–Trinajstić information content (AvgIpc) is 3.19. The van der Waals surface area contributed by atoms with Crippen LogP contribution in [0.5, 0.6) is 5.75 Å². The number of Topliss-reactive ketones (excluding diaryl/α,β-unsaturated/α-hetero) is 1. The van der Waals surface area contributed by atoms with Gasteiger partial charge in [-0.2, -0.15) is 5.10 Å². The van der Waals surface area contributed by atoms with E-state index >= 15 is 0 Å². The molecule has 2 aliphatic rings. The lowest BCUT2D eigenvalue weighted by molar-refractivity contribution is -0.132. The highest BCUT2D eigenvalue weighted by Crippen LogP contribution is 2.37. The number of allylic oxidation sites excluding steroid dienone is 1. The summed E-state index contributed by atoms with van der Waals surface area (Å²) >= 11 is 0. The van der Waals surface area contributed by atoms with Crippen LogP contribution in [0.4, 0.5) is 0 Å². The molecule has 0 spiro atoms. The van der Waals surface area contributed by atoms with Gasteiger partial charge in [-0.25, -0.2) is 5.01 Å². The molecule has 0 fully saturated rings. The summed E-state index contributed by atoms with van der Waals surface area (Å²) in [6.45, 7) is -0.106. The fourth-order valence-corrected chi connectivity index (χ4v) is 3.88. The van der Waals surface area contributed by atoms with Crippen LogP contribution in [-0.2, 0) is 16.0 Å². The van der Waals surface area contributed by atoms with Crippen LogP contribution >= 0.6 is 0 Å². The molecule has 1 aliphatic heterocycles. The van der Waals surface area contributed by atoms with Gasteiger partial charge < -0.3 is 9.84 Å². The Morgan fingerprint density at radius 1 is 1.27 bits per heavy atom. The number of aliphatic hydroxyl groups is 1. The molecule has 0 aromatic heterocycles. The second-order valence-corrected chi connectivity index (χ2v) is 7.14. The molecule has 0 bridgehead atoms. The predicted octanol–water partition coefficient (Wildman–Crippen LogP) is 1.88. The molecule has 0 saturated heterocycles. The Labute approximate surface area is 173 Å². The van der Waals surface area contributed by atoms with Crippen molar-refractivity contribution in [1.82, 2.24) is 10.4 Å². The summed E-state index contributed by atoms with van der Waals surface area (Å²) in [5.74, 6) is 5.37. The van der Waals surface area contributed by atoms with Gasteiger partial charge in [0.15, 0.2) is 5.78 Å². The van der Waals surface area contributed by atoms with Gasteiger partial charge in [0.25, 0.3) is 5.91 Å². The second-order valence-electron chi connectivity index (χ2n) is 7.14. The molecule has 8 heteroatoms. The Bertz CT molecular complexity index is 1060. The van der Waals surface area contributed by atoms with Crippen molar-refractivity contribution < 1.29 is 19.4 Å². The van der Waals surface area contributed by atoms with Gasteiger partial charge in [-0.1, -0.05) is 36.4 Å². The Morgan fingerprint density at radius 3 is 2.70 bits per heavy atom. The quantitative estimate of drug-likeness (QED) is 0.516. The van der Waals surface area contributed by atoms with Gasteiger partial charge in [-0.3, -0.25) is 20.9 Å². The van der Waals surface area contributed by atoms with Crippen molar-refractivity contribution in [3.8, 4) is 5.75 Å². The Kier molecular flexibility index (Phi) is 5.35. The maximum Gasteiger partial charge on any atom is 0.258 e. The van der Waals surface area contributed by atoms with Crippen LogP contribution in [-0.4, -0.2) is 41.2 Å². The number of ether oxygens (including phenoxy) is 1. The molecule has 0 radical (unpaired) electrons. The van der Waals surface area contributed by atoms with E-state index in [0.29, 0.717) is 23.4 Å². The number of nitrogens with two attached hydrogens (primary N) is 1. The minimum atomic E-state index is -0.419. The van der Waals surface area contributed by atoms with Gasteiger partial charge in [0, 0.05) is 18.4 Å². The second kappa shape index (κ2) is 8.10. The van der Waals surface area contributed by atoms with Crippen LogP contribution in [0.2, 0.25) is 0 Å². The van der Waals surface area contributed by atoms with Gasteiger partial charge in [0.2, 0.25) is 0 Å². The van der Waals surface area contributed by atoms with Crippen LogP contribution in [0.1, 0.15) is 29.2 Å². The number of ketones is 1. The molecule has 4 N–H and O–H groups in total. The maximum absolute atomic E-state index is 12.8. The van der Waals surface area contributed by atoms with Crippen molar-refractivity contribution in [2.45, 2.75) is 18.9 Å². The van der Waals surface area contributed by atoms with E-state index < -0.39 is 6.04 Å². The minimum absolute atomic E-state index is 0.0969. The smallest absolute Gasteiger partial charge is 0.258 e. The number of rotatable bonds is 5. The number of fused-ring (bicyclic) bond motifs is 1. The summed E-state index contributed by atoms with van der Waals surface area (Å²) in [5.41, 5.74) is 5.13. The maximum atomic E-state index is 12.8. The highest BCUT2D eigenvalue weighted by Gasteiger charge is 2.38. The number of hydrogen-bond acceptors (Lipinski definition) is 7. The number of hydrazone groups is 1. The third-order valence-electron chi connectivity index (χ3n) is 5.35. The number of hydrazine groups is 1. The number of carbonyl (C=O) groups excluding carboxylic acids is 2. The lowest BCUT2D eigenvalue weighted by atomic mass is 9.85. The summed E-state index contributed by atoms with van der Waals surface area (Å²) in [4.78, 5) is 25.5. The number of nitrogens with one attached hydrogen (secondary N) is 1. The standard InChI is InChI=1S/C22H22N4O4/c1-30-15-8-6-13(7-9-15)18-11-17(25-26(18)20(28)12-24-23)21-19(27)10-14-4-2-3-5-16(14)22(21)29/h2-9,18,24,29H,10-12,23H2,1H3. The monoisotopic (exact) mass is 406 g/mol. The van der Waals surface area contributed by atoms with E-state index in [1.807, 2.05) is 30.3 Å². The molecule has 30 heavy (non-hydrogen) atoms. The van der Waals surface area contributed by atoms with Crippen molar-refractivity contribution >= 4 is 23.2 Å². The van der Waals surface area contributed by atoms with Crippen molar-refractivity contribution in [2.24, 2.45) is 10.9 Å². The molecule has 1 unspecified atom stereocenters. The van der Waals surface area contributed by atoms with Gasteiger partial charge in [-0.15, -0.1) is 0 Å². The van der Waals surface area contributed by atoms with E-state index in [4.69, 9.17) is 10.6 Å². The van der Waals surface area contributed by atoms with Crippen LogP contribution in [0.15, 0.2) is 59.2 Å². The molecule has 4 rings (SSSR count). The summed E-state index contributed by atoms with van der Waals surface area (Å²) in [7, 11) is 1.58. The molecule has 1 heterocycles. The predicted molar refractivity (Wildman–Crippen MR) is 112 cm³/mol. The number of nitrogens with zero attached hydrogens (tertiary/aromatic N) is 2. The average molecular weight is 406 g/mol. The number of hydrogen-bond donors (Lipinski definition) is 3. The zero-order valence-corrected chi connectivity index (χ0v) is 16.5. The molecule has 1 aliphatic carbocycles. The van der Waals surface area contributed by atoms with E-state index in [1.54, 1.807) is 25.3 Å². The summed E-state index contributed by atoms with van der Waals surface area (Å²) in [6, 6.07) is 14.1. The first-order valence-electron chi connectivity index (χ1n) is 9.55. The molecule has 2 aromatic carbocycles. The molecule has 1 amide bonds. The first-order valence-corrected chi connectivity index (χ1v) is 9.55. The van der Waals surface area contributed by atoms with Crippen molar-refractivity contribution in [1.29, 1.82) is 0 Å². The lowest BCUT2D eigenvalue weighted by Crippen LogP contribution is -2.38. The van der Waals surface area contributed by atoms with E-state index in [1.165, 1.54) is 5.01 Å². The first-order chi connectivity index (χ1) is 14.5. The van der Waals surface area contributed by atoms with E-state index in [-0.39, 0.29) is 36.0 Å². The number of carbonyl (C=O) groups is 2. The molecule has 8 nitrogen and oxygen atoms in total. The van der Waals surface area contributed by atoms with Gasteiger partial charge >= 0.3 is 0 Å². The Balaban J connectivity index is 1.74. The Hall–Kier alpha value is -3.49. The van der Waals surface area contributed by atoms with Crippen molar-refractivity contribution in [2.75, 3.05) is 13.7 Å². The molecule has 2 aromatic rings. The highest BCUT2D eigenvalue weighted by molar-refractivity contribution is 6.28. The van der Waals surface area contributed by atoms with Crippen molar-refractivity contribution in [3.05, 3.63) is 70.8 Å². The number of aliphatic hydroxyl groups excluding tert-OH is 1. The lowest BCUT2D eigenvalue weighted by Gasteiger charge is -2.22. The number of amides is 1. The third kappa shape index (κ3) is 3.47. The summed E-state index contributed by atoms with van der Waals surface area (Å²) < 4.78 is 5.20. The van der Waals surface area contributed by atoms with Crippen LogP contribution in [0.25, 0.3) is 5.76 Å². The van der Waals surface area contributed by atoms with Crippen molar-refractivity contribution in [3.63, 3.8) is 0 Å². The van der Waals surface area contributed by atoms with Gasteiger partial charge in [0.1, 0.15) is 11.5 Å². The largest absolute Gasteiger partial charge is 0.506 e. The highest BCUT2D eigenvalue weighted by atomic mass is 16.5. The van der Waals surface area contributed by atoms with Crippen LogP contribution < -0.4 is 16.0 Å². The summed E-state index contributed by atoms with van der Waals surface area (Å²) in [5, 5.41) is 16.6.